The van der Waals surface area contributed by atoms with Gasteiger partial charge in [0.15, 0.2) is 0 Å². The zero-order chi connectivity index (χ0) is 27.3. The van der Waals surface area contributed by atoms with Crippen LogP contribution in [0.25, 0.3) is 10.8 Å². The zero-order valence-corrected chi connectivity index (χ0v) is 20.8. The molecule has 0 bridgehead atoms. The van der Waals surface area contributed by atoms with Gasteiger partial charge < -0.3 is 25.7 Å². The fourth-order valence-electron chi connectivity index (χ4n) is 4.30. The molecule has 0 spiro atoms. The summed E-state index contributed by atoms with van der Waals surface area (Å²) in [5, 5.41) is 45.2. The molecule has 200 valence electrons. The van der Waals surface area contributed by atoms with E-state index in [1.807, 2.05) is 38.1 Å². The van der Waals surface area contributed by atoms with Gasteiger partial charge in [-0.15, -0.1) is 0 Å². The van der Waals surface area contributed by atoms with E-state index in [9.17, 15) is 39.6 Å². The molecule has 2 aromatic carbocycles. The van der Waals surface area contributed by atoms with Gasteiger partial charge >= 0.3 is 5.97 Å². The predicted molar refractivity (Wildman–Crippen MR) is 134 cm³/mol. The minimum Gasteiger partial charge on any atom is -0.480 e. The zero-order valence-electron chi connectivity index (χ0n) is 20.8. The molecule has 37 heavy (non-hydrogen) atoms. The van der Waals surface area contributed by atoms with Crippen LogP contribution >= 0.6 is 0 Å². The van der Waals surface area contributed by atoms with E-state index in [2.05, 4.69) is 10.6 Å². The molecule has 3 rings (SSSR count). The second-order valence-electron chi connectivity index (χ2n) is 9.78. The van der Waals surface area contributed by atoms with Gasteiger partial charge in [-0.05, 0) is 41.7 Å². The molecule has 0 fully saturated rings. The topological polar surface area (TPSA) is 176 Å². The van der Waals surface area contributed by atoms with Crippen LogP contribution in [0, 0.1) is 5.92 Å². The number of fused-ring (bicyclic) bond motifs is 2. The van der Waals surface area contributed by atoms with Crippen molar-refractivity contribution in [3.63, 3.8) is 0 Å². The van der Waals surface area contributed by atoms with Gasteiger partial charge in [0.1, 0.15) is 11.6 Å². The third-order valence-corrected chi connectivity index (χ3v) is 6.50. The summed E-state index contributed by atoms with van der Waals surface area (Å²) in [6, 6.07) is 8.28. The first-order chi connectivity index (χ1) is 17.6. The summed E-state index contributed by atoms with van der Waals surface area (Å²) in [7, 11) is 0. The molecule has 6 N–H and O–H groups in total. The Kier molecular flexibility index (Phi) is 8.98. The number of aliphatic carboxylic acids is 1. The fourth-order valence-corrected chi connectivity index (χ4v) is 4.30. The first-order valence-electron chi connectivity index (χ1n) is 12.1. The highest BCUT2D eigenvalue weighted by Gasteiger charge is 2.38. The summed E-state index contributed by atoms with van der Waals surface area (Å²) in [5.41, 5.74) is -1.15. The van der Waals surface area contributed by atoms with Gasteiger partial charge in [-0.2, -0.15) is 0 Å². The summed E-state index contributed by atoms with van der Waals surface area (Å²) < 4.78 is 0. The van der Waals surface area contributed by atoms with E-state index in [0.717, 1.165) is 15.7 Å². The highest BCUT2D eigenvalue weighted by Crippen LogP contribution is 2.28. The molecule has 0 saturated carbocycles. The Morgan fingerprint density at radius 3 is 1.86 bits per heavy atom. The summed E-state index contributed by atoms with van der Waals surface area (Å²) in [6.45, 7) is 1.30. The Bertz CT molecular complexity index is 1110. The van der Waals surface area contributed by atoms with Crippen LogP contribution in [-0.2, 0) is 9.59 Å². The van der Waals surface area contributed by atoms with Gasteiger partial charge in [-0.1, -0.05) is 38.1 Å². The normalized spacial score (nSPS) is 15.2. The van der Waals surface area contributed by atoms with E-state index in [1.54, 1.807) is 12.1 Å². The van der Waals surface area contributed by atoms with Crippen LogP contribution in [0.3, 0.4) is 0 Å². The molecule has 2 aromatic rings. The third kappa shape index (κ3) is 6.13. The molecule has 11 heteroatoms. The van der Waals surface area contributed by atoms with Crippen LogP contribution in [0.15, 0.2) is 36.4 Å². The Labute approximate surface area is 214 Å². The van der Waals surface area contributed by atoms with Crippen molar-refractivity contribution < 1.29 is 39.6 Å². The van der Waals surface area contributed by atoms with Crippen molar-refractivity contribution in [2.75, 3.05) is 26.4 Å². The van der Waals surface area contributed by atoms with Gasteiger partial charge in [0.25, 0.3) is 11.8 Å². The number of carboxylic acids is 1. The third-order valence-electron chi connectivity index (χ3n) is 6.50. The molecule has 11 nitrogen and oxygen atoms in total. The van der Waals surface area contributed by atoms with Gasteiger partial charge in [-0.25, -0.2) is 0 Å². The maximum Gasteiger partial charge on any atom is 0.320 e. The number of amides is 3. The van der Waals surface area contributed by atoms with Crippen LogP contribution in [0.2, 0.25) is 0 Å². The number of aliphatic hydroxyl groups is 3. The number of rotatable bonds is 13. The van der Waals surface area contributed by atoms with Crippen LogP contribution in [0.4, 0.5) is 0 Å². The standard InChI is InChI=1S/C26H33N3O8/c1-15(2)9-21(22(33)28-26(12-30,13-31)14-32)27-20(25(36)37)7-8-29-23(34)18-10-16-5-3-4-6-17(16)11-19(18)24(29)35/h3-6,10-11,15,20-21,27,30-32H,7-9,12-14H2,1-2H3,(H,28,33)(H,36,37)/t20?,21-/m1/s1. The SMILES string of the molecule is CC(C)C[C@@H](NC(CCN1C(=O)c2cc3ccccc3cc2C1=O)C(=O)O)C(=O)NC(CO)(CO)CO. The Hall–Kier alpha value is -3.38. The number of carboxylic acid groups (broad SMARTS) is 1. The lowest BCUT2D eigenvalue weighted by Gasteiger charge is -2.32. The first kappa shape index (κ1) is 28.2. The van der Waals surface area contributed by atoms with Gasteiger partial charge in [0, 0.05) is 6.54 Å². The van der Waals surface area contributed by atoms with E-state index < -0.39 is 61.1 Å². The van der Waals surface area contributed by atoms with Crippen LogP contribution in [-0.4, -0.2) is 93.0 Å². The molecule has 1 aliphatic heterocycles. The smallest absolute Gasteiger partial charge is 0.320 e. The average Bonchev–Trinajstić information content (AvgIpc) is 3.11. The lowest BCUT2D eigenvalue weighted by Crippen LogP contribution is -2.62. The number of imide groups is 1. The van der Waals surface area contributed by atoms with Crippen LogP contribution < -0.4 is 10.6 Å². The van der Waals surface area contributed by atoms with Crippen LogP contribution in [0.5, 0.6) is 0 Å². The van der Waals surface area contributed by atoms with Crippen molar-refractivity contribution in [3.05, 3.63) is 47.5 Å². The van der Waals surface area contributed by atoms with Crippen molar-refractivity contribution in [2.24, 2.45) is 5.92 Å². The molecule has 0 saturated heterocycles. The van der Waals surface area contributed by atoms with Crippen molar-refractivity contribution >= 4 is 34.5 Å². The molecule has 1 aliphatic rings. The molecule has 0 aromatic heterocycles. The number of hydrogen-bond acceptors (Lipinski definition) is 8. The van der Waals surface area contributed by atoms with Crippen molar-refractivity contribution in [1.82, 2.24) is 15.5 Å². The number of nitrogens with one attached hydrogen (secondary N) is 2. The lowest BCUT2D eigenvalue weighted by atomic mass is 9.98. The van der Waals surface area contributed by atoms with Crippen LogP contribution in [0.1, 0.15) is 47.4 Å². The largest absolute Gasteiger partial charge is 0.480 e. The van der Waals surface area contributed by atoms with Crippen molar-refractivity contribution in [2.45, 2.75) is 44.3 Å². The quantitative estimate of drug-likeness (QED) is 0.202. The number of aliphatic hydroxyl groups excluding tert-OH is 3. The number of carbonyl (C=O) groups is 4. The minimum atomic E-state index is -1.67. The van der Waals surface area contributed by atoms with E-state index in [-0.39, 0.29) is 36.4 Å². The number of nitrogens with zero attached hydrogens (tertiary/aromatic N) is 1. The predicted octanol–water partition coefficient (Wildman–Crippen LogP) is 0.115. The summed E-state index contributed by atoms with van der Waals surface area (Å²) in [4.78, 5) is 51.9. The maximum atomic E-state index is 13.0. The molecule has 1 heterocycles. The second-order valence-corrected chi connectivity index (χ2v) is 9.78. The Balaban J connectivity index is 1.75. The first-order valence-corrected chi connectivity index (χ1v) is 12.1. The number of benzene rings is 2. The van der Waals surface area contributed by atoms with Gasteiger partial charge in [-0.3, -0.25) is 29.4 Å². The van der Waals surface area contributed by atoms with E-state index >= 15 is 0 Å². The molecule has 3 amide bonds. The average molecular weight is 516 g/mol. The van der Waals surface area contributed by atoms with Gasteiger partial charge in [0.2, 0.25) is 5.91 Å². The van der Waals surface area contributed by atoms with Gasteiger partial charge in [0.05, 0.1) is 37.0 Å². The second kappa shape index (κ2) is 11.8. The molecule has 0 aliphatic carbocycles. The summed E-state index contributed by atoms with van der Waals surface area (Å²) in [6.07, 6.45) is 0.0565. The lowest BCUT2D eigenvalue weighted by molar-refractivity contribution is -0.140. The van der Waals surface area contributed by atoms with E-state index in [1.165, 1.54) is 0 Å². The fraction of sp³-hybridized carbons (Fsp3) is 0.462. The minimum absolute atomic E-state index is 0.0326. The molecule has 0 radical (unpaired) electrons. The summed E-state index contributed by atoms with van der Waals surface area (Å²) in [5.74, 6) is -3.03. The van der Waals surface area contributed by atoms with E-state index in [0.29, 0.717) is 0 Å². The monoisotopic (exact) mass is 515 g/mol. The van der Waals surface area contributed by atoms with Crippen molar-refractivity contribution in [3.8, 4) is 0 Å². The molecule has 2 atom stereocenters. The Morgan fingerprint density at radius 2 is 1.43 bits per heavy atom. The molecule has 1 unspecified atom stereocenters. The highest BCUT2D eigenvalue weighted by molar-refractivity contribution is 6.23. The molecular weight excluding hydrogens is 482 g/mol. The number of hydrogen-bond donors (Lipinski definition) is 6. The Morgan fingerprint density at radius 1 is 0.919 bits per heavy atom. The van der Waals surface area contributed by atoms with Crippen molar-refractivity contribution in [1.29, 1.82) is 0 Å². The summed E-state index contributed by atoms with van der Waals surface area (Å²) >= 11 is 0. The highest BCUT2D eigenvalue weighted by atomic mass is 16.4. The number of carbonyl (C=O) groups excluding carboxylic acids is 3. The molecular formula is C26H33N3O8. The van der Waals surface area contributed by atoms with E-state index in [4.69, 9.17) is 0 Å². The maximum absolute atomic E-state index is 13.0.